The first kappa shape index (κ1) is 25.4. The molecule has 1 aliphatic carbocycles. The molecule has 0 radical (unpaired) electrons. The van der Waals surface area contributed by atoms with E-state index in [1.165, 1.54) is 0 Å². The molecule has 6 nitrogen and oxygen atoms in total. The second-order valence-electron chi connectivity index (χ2n) is 9.16. The number of hydrogen-bond acceptors (Lipinski definition) is 4. The van der Waals surface area contributed by atoms with Crippen LogP contribution < -0.4 is 0 Å². The predicted octanol–water partition coefficient (Wildman–Crippen LogP) is 4.76. The Kier molecular flexibility index (Phi) is 7.13. The minimum absolute atomic E-state index is 0. The molecule has 0 bridgehead atoms. The summed E-state index contributed by atoms with van der Waals surface area (Å²) in [4.78, 5) is 33.6. The first-order chi connectivity index (χ1) is 15.4. The van der Waals surface area contributed by atoms with Crippen molar-refractivity contribution in [1.82, 2.24) is 14.8 Å². The van der Waals surface area contributed by atoms with E-state index < -0.39 is 5.60 Å². The van der Waals surface area contributed by atoms with Crippen LogP contribution in [0.3, 0.4) is 0 Å². The number of hydrogen-bond donors (Lipinski definition) is 1. The van der Waals surface area contributed by atoms with Gasteiger partial charge in [-0.3, -0.25) is 14.6 Å². The van der Waals surface area contributed by atoms with Gasteiger partial charge < -0.3 is 14.9 Å². The van der Waals surface area contributed by atoms with Gasteiger partial charge in [-0.25, -0.2) is 0 Å². The van der Waals surface area contributed by atoms with Gasteiger partial charge in [0.25, 0.3) is 11.8 Å². The molecule has 34 heavy (non-hydrogen) atoms. The smallest absolute Gasteiger partial charge is 0.254 e. The highest BCUT2D eigenvalue weighted by Crippen LogP contribution is 2.38. The first-order valence-electron chi connectivity index (χ1n) is 11.1. The van der Waals surface area contributed by atoms with E-state index in [0.717, 1.165) is 21.9 Å². The van der Waals surface area contributed by atoms with Crippen molar-refractivity contribution in [1.29, 1.82) is 0 Å². The Morgan fingerprint density at radius 3 is 2.18 bits per heavy atom. The summed E-state index contributed by atoms with van der Waals surface area (Å²) in [5, 5.41) is 12.4. The number of benzene rings is 2. The normalized spacial score (nSPS) is 20.8. The number of carbonyl (C=O) groups excluding carboxylic acids is 2. The van der Waals surface area contributed by atoms with Crippen molar-refractivity contribution in [2.45, 2.75) is 59.2 Å². The second-order valence-corrected chi connectivity index (χ2v) is 9.16. The number of piperazine rings is 1. The fourth-order valence-corrected chi connectivity index (χ4v) is 4.53. The number of fused-ring (bicyclic) bond motifs is 1. The fourth-order valence-electron chi connectivity index (χ4n) is 4.53. The molecule has 0 spiro atoms. The van der Waals surface area contributed by atoms with Gasteiger partial charge in [0.05, 0.1) is 0 Å². The van der Waals surface area contributed by atoms with E-state index in [1.54, 1.807) is 11.1 Å². The van der Waals surface area contributed by atoms with Crippen LogP contribution in [-0.2, 0) is 4.79 Å². The third-order valence-corrected chi connectivity index (χ3v) is 6.74. The minimum atomic E-state index is -1.17. The molecule has 1 aliphatic heterocycles. The van der Waals surface area contributed by atoms with Crippen molar-refractivity contribution in [3.8, 4) is 11.1 Å². The highest BCUT2D eigenvalue weighted by molar-refractivity contribution is 5.96. The quantitative estimate of drug-likeness (QED) is 0.610. The minimum Gasteiger partial charge on any atom is -0.380 e. The largest absolute Gasteiger partial charge is 0.380 e. The van der Waals surface area contributed by atoms with Crippen LogP contribution in [-0.4, -0.2) is 62.5 Å². The predicted molar refractivity (Wildman–Crippen MR) is 136 cm³/mol. The maximum absolute atomic E-state index is 13.2. The highest BCUT2D eigenvalue weighted by atomic mass is 16.3. The maximum atomic E-state index is 13.2. The topological polar surface area (TPSA) is 73.7 Å². The fraction of sp³-hybridized carbons (Fsp3) is 0.393. The van der Waals surface area contributed by atoms with Crippen LogP contribution in [0.1, 0.15) is 51.9 Å². The summed E-state index contributed by atoms with van der Waals surface area (Å²) >= 11 is 0. The van der Waals surface area contributed by atoms with Crippen LogP contribution >= 0.6 is 0 Å². The van der Waals surface area contributed by atoms with Crippen molar-refractivity contribution in [2.75, 3.05) is 13.1 Å². The van der Waals surface area contributed by atoms with Crippen LogP contribution in [0.5, 0.6) is 0 Å². The summed E-state index contributed by atoms with van der Waals surface area (Å²) in [6.07, 6.45) is 4.70. The van der Waals surface area contributed by atoms with E-state index in [1.807, 2.05) is 55.3 Å². The Balaban J connectivity index is 0.00000162. The Morgan fingerprint density at radius 1 is 0.882 bits per heavy atom. The van der Waals surface area contributed by atoms with Crippen LogP contribution in [0.4, 0.5) is 0 Å². The van der Waals surface area contributed by atoms with Crippen LogP contribution in [0.15, 0.2) is 60.9 Å². The average molecular weight is 462 g/mol. The lowest BCUT2D eigenvalue weighted by Gasteiger charge is -2.44. The zero-order valence-corrected chi connectivity index (χ0v) is 18.4. The molecule has 2 aromatic carbocycles. The molecule has 2 aliphatic rings. The van der Waals surface area contributed by atoms with Gasteiger partial charge in [0.1, 0.15) is 5.60 Å². The maximum Gasteiger partial charge on any atom is 0.254 e. The van der Waals surface area contributed by atoms with Gasteiger partial charge in [-0.15, -0.1) is 0 Å². The van der Waals surface area contributed by atoms with Crippen molar-refractivity contribution in [3.63, 3.8) is 0 Å². The molecule has 2 atom stereocenters. The van der Waals surface area contributed by atoms with E-state index >= 15 is 0 Å². The molecule has 5 rings (SSSR count). The van der Waals surface area contributed by atoms with Gasteiger partial charge in [-0.05, 0) is 67.5 Å². The molecule has 1 aromatic heterocycles. The standard InChI is InChI=1S/C26H27N3O3.2CH4/c1-17-16-29(25(31)26(32)10-11-26)18(2)15-28(17)24(30)20-5-3-19(4-6-20)21-7-8-23-14-27-12-9-22(23)13-21;;/h3-9,12-14,17-18,32H,10-11,15-16H2,1-2H3;2*1H4/t17-,18+;;/m1../s1. The van der Waals surface area contributed by atoms with Crippen LogP contribution in [0, 0.1) is 0 Å². The Morgan fingerprint density at radius 2 is 1.50 bits per heavy atom. The third kappa shape index (κ3) is 4.55. The van der Waals surface area contributed by atoms with Gasteiger partial charge >= 0.3 is 0 Å². The molecular weight excluding hydrogens is 426 g/mol. The van der Waals surface area contributed by atoms with E-state index in [9.17, 15) is 14.7 Å². The molecule has 2 fully saturated rings. The summed E-state index contributed by atoms with van der Waals surface area (Å²) in [5.74, 6) is -0.225. The Hall–Kier alpha value is -3.25. The lowest BCUT2D eigenvalue weighted by Crippen LogP contribution is -2.61. The summed E-state index contributed by atoms with van der Waals surface area (Å²) < 4.78 is 0. The zero-order valence-electron chi connectivity index (χ0n) is 18.4. The molecule has 2 amide bonds. The lowest BCUT2D eigenvalue weighted by atomic mass is 10.00. The van der Waals surface area contributed by atoms with Crippen LogP contribution in [0.25, 0.3) is 21.9 Å². The number of pyridine rings is 1. The van der Waals surface area contributed by atoms with E-state index in [0.29, 0.717) is 31.5 Å². The molecule has 1 N–H and O–H groups in total. The molecule has 6 heteroatoms. The van der Waals surface area contributed by atoms with E-state index in [2.05, 4.69) is 23.2 Å². The summed E-state index contributed by atoms with van der Waals surface area (Å²) in [6, 6.07) is 15.7. The molecular formula is C28H35N3O3. The van der Waals surface area contributed by atoms with Crippen molar-refractivity contribution >= 4 is 22.6 Å². The van der Waals surface area contributed by atoms with Crippen molar-refractivity contribution in [3.05, 3.63) is 66.5 Å². The van der Waals surface area contributed by atoms with Crippen LogP contribution in [0.2, 0.25) is 0 Å². The van der Waals surface area contributed by atoms with Gasteiger partial charge in [0.15, 0.2) is 0 Å². The third-order valence-electron chi connectivity index (χ3n) is 6.74. The zero-order chi connectivity index (χ0) is 22.5. The highest BCUT2D eigenvalue weighted by Gasteiger charge is 2.52. The number of aromatic nitrogens is 1. The molecule has 0 unspecified atom stereocenters. The summed E-state index contributed by atoms with van der Waals surface area (Å²) in [5.41, 5.74) is 1.61. The lowest BCUT2D eigenvalue weighted by molar-refractivity contribution is -0.147. The van der Waals surface area contributed by atoms with Gasteiger partial charge in [0, 0.05) is 48.5 Å². The monoisotopic (exact) mass is 461 g/mol. The van der Waals surface area contributed by atoms with Crippen molar-refractivity contribution in [2.24, 2.45) is 0 Å². The molecule has 3 aromatic rings. The number of nitrogens with zero attached hydrogens (tertiary/aromatic N) is 3. The van der Waals surface area contributed by atoms with Gasteiger partial charge in [0.2, 0.25) is 0 Å². The summed E-state index contributed by atoms with van der Waals surface area (Å²) in [7, 11) is 0. The van der Waals surface area contributed by atoms with E-state index in [-0.39, 0.29) is 38.8 Å². The average Bonchev–Trinajstić information content (AvgIpc) is 3.57. The SMILES string of the molecule is C.C.C[C@@H]1CN(C(=O)C2(O)CC2)[C@@H](C)CN1C(=O)c1ccc(-c2ccc3cnccc3c2)cc1. The number of aliphatic hydroxyl groups is 1. The molecule has 1 saturated heterocycles. The molecule has 180 valence electrons. The van der Waals surface area contributed by atoms with E-state index in [4.69, 9.17) is 0 Å². The second kappa shape index (κ2) is 9.55. The van der Waals surface area contributed by atoms with Crippen molar-refractivity contribution < 1.29 is 14.7 Å². The van der Waals surface area contributed by atoms with Gasteiger partial charge in [-0.1, -0.05) is 39.1 Å². The number of amides is 2. The summed E-state index contributed by atoms with van der Waals surface area (Å²) in [6.45, 7) is 4.80. The number of carbonyl (C=O) groups is 2. The first-order valence-corrected chi connectivity index (χ1v) is 11.1. The molecule has 1 saturated carbocycles. The number of rotatable bonds is 3. The Labute approximate surface area is 202 Å². The Bertz CT molecular complexity index is 1190. The van der Waals surface area contributed by atoms with Gasteiger partial charge in [-0.2, -0.15) is 0 Å². The molecule has 2 heterocycles.